The van der Waals surface area contributed by atoms with Gasteiger partial charge in [-0.25, -0.2) is 4.98 Å². The molecule has 0 radical (unpaired) electrons. The number of carbonyl (C=O) groups is 1. The molecule has 1 aliphatic carbocycles. The Morgan fingerprint density at radius 3 is 2.52 bits per heavy atom. The summed E-state index contributed by atoms with van der Waals surface area (Å²) in [5.74, 6) is 1.83. The van der Waals surface area contributed by atoms with Crippen LogP contribution in [0.5, 0.6) is 0 Å². The molecule has 21 heavy (non-hydrogen) atoms. The molecule has 2 heterocycles. The minimum atomic E-state index is 0. The van der Waals surface area contributed by atoms with E-state index in [2.05, 4.69) is 27.1 Å². The van der Waals surface area contributed by atoms with Crippen molar-refractivity contribution in [1.82, 2.24) is 20.2 Å². The minimum absolute atomic E-state index is 0. The lowest BCUT2D eigenvalue weighted by atomic mass is 9.97. The van der Waals surface area contributed by atoms with Crippen molar-refractivity contribution < 1.29 is 4.79 Å². The number of carbonyl (C=O) groups excluding carboxylic acids is 1. The Morgan fingerprint density at radius 1 is 1.38 bits per heavy atom. The standard InChI is InChI=1S/C14H22N4O.2ClH/c1-8-9(2)18(3)12(17-8)7-16-14(19)13-10-4-5-11(13)15-6-10;;/h10-11,13,15H,4-7H2,1-3H3,(H,16,19);2*1H/t10-,11-,13+;;/m0../s1. The molecule has 1 aromatic heterocycles. The van der Waals surface area contributed by atoms with Crippen molar-refractivity contribution in [2.45, 2.75) is 39.3 Å². The van der Waals surface area contributed by atoms with Crippen molar-refractivity contribution in [3.8, 4) is 0 Å². The molecule has 2 N–H and O–H groups in total. The van der Waals surface area contributed by atoms with Gasteiger partial charge >= 0.3 is 0 Å². The molecular weight excluding hydrogens is 311 g/mol. The topological polar surface area (TPSA) is 59.0 Å². The molecule has 0 aromatic carbocycles. The Kier molecular flexibility index (Phi) is 6.08. The third kappa shape index (κ3) is 3.20. The first-order valence-electron chi connectivity index (χ1n) is 7.08. The molecule has 2 fully saturated rings. The smallest absolute Gasteiger partial charge is 0.225 e. The number of fused-ring (bicyclic) bond motifs is 2. The van der Waals surface area contributed by atoms with E-state index in [1.807, 2.05) is 14.0 Å². The molecule has 1 aliphatic heterocycles. The van der Waals surface area contributed by atoms with Crippen LogP contribution in [0, 0.1) is 25.7 Å². The summed E-state index contributed by atoms with van der Waals surface area (Å²) < 4.78 is 2.05. The number of amides is 1. The lowest BCUT2D eigenvalue weighted by Crippen LogP contribution is -2.37. The Labute approximate surface area is 138 Å². The van der Waals surface area contributed by atoms with Crippen LogP contribution in [0.4, 0.5) is 0 Å². The largest absolute Gasteiger partial charge is 0.349 e. The third-order valence-electron chi connectivity index (χ3n) is 4.87. The highest BCUT2D eigenvalue weighted by molar-refractivity contribution is 5.85. The molecule has 1 aromatic rings. The number of nitrogens with zero attached hydrogens (tertiary/aromatic N) is 2. The van der Waals surface area contributed by atoms with Gasteiger partial charge in [0.05, 0.1) is 18.2 Å². The van der Waals surface area contributed by atoms with Crippen LogP contribution >= 0.6 is 24.8 Å². The SMILES string of the molecule is Cc1nc(CNC(=O)[C@@H]2[C@H]3CC[C@@H]2NC3)n(C)c1C.Cl.Cl. The maximum absolute atomic E-state index is 12.3. The van der Waals surface area contributed by atoms with Crippen LogP contribution in [0.3, 0.4) is 0 Å². The van der Waals surface area contributed by atoms with Crippen LogP contribution < -0.4 is 10.6 Å². The number of halogens is 2. The number of hydrogen-bond acceptors (Lipinski definition) is 3. The van der Waals surface area contributed by atoms with Gasteiger partial charge < -0.3 is 15.2 Å². The number of rotatable bonds is 3. The monoisotopic (exact) mass is 334 g/mol. The summed E-state index contributed by atoms with van der Waals surface area (Å²) in [5.41, 5.74) is 2.20. The summed E-state index contributed by atoms with van der Waals surface area (Å²) in [6.45, 7) is 5.58. The Morgan fingerprint density at radius 2 is 2.10 bits per heavy atom. The summed E-state index contributed by atoms with van der Waals surface area (Å²) in [7, 11) is 2.00. The first-order valence-corrected chi connectivity index (χ1v) is 7.08. The van der Waals surface area contributed by atoms with E-state index in [1.165, 1.54) is 6.42 Å². The number of nitrogens with one attached hydrogen (secondary N) is 2. The van der Waals surface area contributed by atoms with E-state index in [1.54, 1.807) is 0 Å². The number of aryl methyl sites for hydroxylation is 1. The minimum Gasteiger partial charge on any atom is -0.349 e. The summed E-state index contributed by atoms with van der Waals surface area (Å²) in [4.78, 5) is 16.8. The average Bonchev–Trinajstić information content (AvgIpc) is 3.06. The maximum Gasteiger partial charge on any atom is 0.225 e. The molecule has 7 heteroatoms. The first-order chi connectivity index (χ1) is 9.08. The Balaban J connectivity index is 0.00000110. The van der Waals surface area contributed by atoms with Gasteiger partial charge in [-0.2, -0.15) is 0 Å². The lowest BCUT2D eigenvalue weighted by molar-refractivity contribution is -0.125. The summed E-state index contributed by atoms with van der Waals surface area (Å²) in [6.07, 6.45) is 2.33. The van der Waals surface area contributed by atoms with Crippen molar-refractivity contribution in [3.63, 3.8) is 0 Å². The molecule has 1 amide bonds. The van der Waals surface area contributed by atoms with Crippen LogP contribution in [0.15, 0.2) is 0 Å². The van der Waals surface area contributed by atoms with Gasteiger partial charge in [-0.1, -0.05) is 0 Å². The molecule has 3 rings (SSSR count). The highest BCUT2D eigenvalue weighted by atomic mass is 35.5. The summed E-state index contributed by atoms with van der Waals surface area (Å²) >= 11 is 0. The van der Waals surface area contributed by atoms with E-state index in [9.17, 15) is 4.79 Å². The van der Waals surface area contributed by atoms with Crippen molar-refractivity contribution in [1.29, 1.82) is 0 Å². The average molecular weight is 335 g/mol. The molecule has 5 nitrogen and oxygen atoms in total. The second kappa shape index (κ2) is 6.99. The van der Waals surface area contributed by atoms with Gasteiger partial charge in [0.25, 0.3) is 0 Å². The zero-order chi connectivity index (χ0) is 13.6. The number of piperidine rings is 1. The molecular formula is C14H24Cl2N4O. The van der Waals surface area contributed by atoms with Gasteiger partial charge in [0.1, 0.15) is 5.82 Å². The Bertz CT molecular complexity index is 497. The van der Waals surface area contributed by atoms with Crippen molar-refractivity contribution in [2.75, 3.05) is 6.54 Å². The fourth-order valence-corrected chi connectivity index (χ4v) is 3.47. The number of aromatic nitrogens is 2. The quantitative estimate of drug-likeness (QED) is 0.880. The van der Waals surface area contributed by atoms with E-state index in [4.69, 9.17) is 0 Å². The van der Waals surface area contributed by atoms with Crippen LogP contribution in [-0.4, -0.2) is 28.0 Å². The second-order valence-corrected chi connectivity index (χ2v) is 5.85. The van der Waals surface area contributed by atoms with E-state index in [-0.39, 0.29) is 36.6 Å². The summed E-state index contributed by atoms with van der Waals surface area (Å²) in [5, 5.41) is 6.49. The highest BCUT2D eigenvalue weighted by Gasteiger charge is 2.45. The van der Waals surface area contributed by atoms with Crippen molar-refractivity contribution in [2.24, 2.45) is 18.9 Å². The highest BCUT2D eigenvalue weighted by Crippen LogP contribution is 2.36. The van der Waals surface area contributed by atoms with Gasteiger partial charge in [-0.15, -0.1) is 24.8 Å². The molecule has 3 atom stereocenters. The molecule has 2 bridgehead atoms. The van der Waals surface area contributed by atoms with E-state index >= 15 is 0 Å². The molecule has 2 aliphatic rings. The van der Waals surface area contributed by atoms with Crippen molar-refractivity contribution in [3.05, 3.63) is 17.2 Å². The fraction of sp³-hybridized carbons (Fsp3) is 0.714. The van der Waals surface area contributed by atoms with Gasteiger partial charge in [0.2, 0.25) is 5.91 Å². The van der Waals surface area contributed by atoms with Gasteiger partial charge in [0, 0.05) is 18.8 Å². The van der Waals surface area contributed by atoms with E-state index in [0.717, 1.165) is 30.2 Å². The third-order valence-corrected chi connectivity index (χ3v) is 4.87. The molecule has 1 saturated heterocycles. The predicted octanol–water partition coefficient (Wildman–Crippen LogP) is 1.49. The van der Waals surface area contributed by atoms with Gasteiger partial charge in [-0.3, -0.25) is 4.79 Å². The van der Waals surface area contributed by atoms with Crippen molar-refractivity contribution >= 4 is 30.7 Å². The van der Waals surface area contributed by atoms with Crippen LogP contribution in [-0.2, 0) is 18.4 Å². The molecule has 0 unspecified atom stereocenters. The normalized spacial score (nSPS) is 26.1. The zero-order valence-corrected chi connectivity index (χ0v) is 14.3. The summed E-state index contributed by atoms with van der Waals surface area (Å²) in [6, 6.07) is 0.398. The molecule has 1 saturated carbocycles. The fourth-order valence-electron chi connectivity index (χ4n) is 3.47. The number of hydrogen-bond donors (Lipinski definition) is 2. The maximum atomic E-state index is 12.3. The second-order valence-electron chi connectivity index (χ2n) is 5.85. The first kappa shape index (κ1) is 18.3. The van der Waals surface area contributed by atoms with Crippen LogP contribution in [0.1, 0.15) is 30.1 Å². The molecule has 0 spiro atoms. The van der Waals surface area contributed by atoms with Gasteiger partial charge in [0.15, 0.2) is 0 Å². The van der Waals surface area contributed by atoms with Crippen LogP contribution in [0.2, 0.25) is 0 Å². The zero-order valence-electron chi connectivity index (χ0n) is 12.7. The molecule has 120 valence electrons. The van der Waals surface area contributed by atoms with E-state index < -0.39 is 0 Å². The Hall–Kier alpha value is -0.780. The van der Waals surface area contributed by atoms with E-state index in [0.29, 0.717) is 18.5 Å². The predicted molar refractivity (Wildman–Crippen MR) is 87.0 cm³/mol. The van der Waals surface area contributed by atoms with Crippen LogP contribution in [0.25, 0.3) is 0 Å². The van der Waals surface area contributed by atoms with Gasteiger partial charge in [-0.05, 0) is 39.2 Å². The lowest BCUT2D eigenvalue weighted by Gasteiger charge is -2.14. The number of imidazole rings is 1.